The molecule has 0 amide bonds. The van der Waals surface area contributed by atoms with Crippen LogP contribution in [0.2, 0.25) is 0 Å². The SMILES string of the molecule is [C-]#[N+]CCC1CCCC(C)(F)C1. The molecular weight excluding hydrogens is 153 g/mol. The van der Waals surface area contributed by atoms with E-state index in [4.69, 9.17) is 6.57 Å². The lowest BCUT2D eigenvalue weighted by Gasteiger charge is -2.30. The van der Waals surface area contributed by atoms with Gasteiger partial charge in [-0.25, -0.2) is 11.0 Å². The summed E-state index contributed by atoms with van der Waals surface area (Å²) >= 11 is 0. The van der Waals surface area contributed by atoms with Crippen LogP contribution in [0.15, 0.2) is 0 Å². The molecule has 12 heavy (non-hydrogen) atoms. The van der Waals surface area contributed by atoms with Gasteiger partial charge in [0, 0.05) is 6.42 Å². The van der Waals surface area contributed by atoms with E-state index in [1.54, 1.807) is 6.92 Å². The van der Waals surface area contributed by atoms with Crippen LogP contribution in [0.5, 0.6) is 0 Å². The number of rotatable bonds is 2. The van der Waals surface area contributed by atoms with Crippen LogP contribution in [0.3, 0.4) is 0 Å². The summed E-state index contributed by atoms with van der Waals surface area (Å²) in [5, 5.41) is 0. The number of hydrogen-bond donors (Lipinski definition) is 0. The third-order valence-corrected chi connectivity index (χ3v) is 2.67. The predicted molar refractivity (Wildman–Crippen MR) is 47.6 cm³/mol. The molecule has 68 valence electrons. The van der Waals surface area contributed by atoms with Crippen molar-refractivity contribution in [1.82, 2.24) is 0 Å². The molecular formula is C10H16FN. The molecule has 1 nitrogen and oxygen atoms in total. The van der Waals surface area contributed by atoms with Crippen molar-refractivity contribution in [3.8, 4) is 0 Å². The highest BCUT2D eigenvalue weighted by atomic mass is 19.1. The van der Waals surface area contributed by atoms with E-state index in [-0.39, 0.29) is 0 Å². The molecule has 0 radical (unpaired) electrons. The maximum absolute atomic E-state index is 13.5. The van der Waals surface area contributed by atoms with Crippen molar-refractivity contribution in [2.24, 2.45) is 5.92 Å². The lowest BCUT2D eigenvalue weighted by atomic mass is 9.79. The molecule has 1 saturated carbocycles. The van der Waals surface area contributed by atoms with Crippen molar-refractivity contribution in [3.05, 3.63) is 11.4 Å². The van der Waals surface area contributed by atoms with Gasteiger partial charge in [0.1, 0.15) is 5.67 Å². The third-order valence-electron chi connectivity index (χ3n) is 2.67. The zero-order chi connectivity index (χ0) is 9.03. The van der Waals surface area contributed by atoms with Crippen LogP contribution in [0.25, 0.3) is 4.85 Å². The van der Waals surface area contributed by atoms with Gasteiger partial charge in [-0.3, -0.25) is 0 Å². The number of nitrogens with zero attached hydrogens (tertiary/aromatic N) is 1. The Hall–Kier alpha value is -0.580. The monoisotopic (exact) mass is 169 g/mol. The van der Waals surface area contributed by atoms with Gasteiger partial charge < -0.3 is 4.85 Å². The number of hydrogen-bond acceptors (Lipinski definition) is 0. The molecule has 0 heterocycles. The van der Waals surface area contributed by atoms with Crippen LogP contribution < -0.4 is 0 Å². The fraction of sp³-hybridized carbons (Fsp3) is 0.900. The summed E-state index contributed by atoms with van der Waals surface area (Å²) in [5.41, 5.74) is -0.953. The van der Waals surface area contributed by atoms with E-state index >= 15 is 0 Å². The quantitative estimate of drug-likeness (QED) is 0.559. The van der Waals surface area contributed by atoms with Crippen LogP contribution in [0.1, 0.15) is 39.0 Å². The molecule has 0 aliphatic heterocycles. The summed E-state index contributed by atoms with van der Waals surface area (Å²) < 4.78 is 13.5. The summed E-state index contributed by atoms with van der Waals surface area (Å²) in [6.07, 6.45) is 4.39. The van der Waals surface area contributed by atoms with Crippen LogP contribution in [0, 0.1) is 12.5 Å². The molecule has 1 aliphatic rings. The third kappa shape index (κ3) is 2.81. The minimum atomic E-state index is -0.953. The van der Waals surface area contributed by atoms with Crippen LogP contribution in [0.4, 0.5) is 4.39 Å². The summed E-state index contributed by atoms with van der Waals surface area (Å²) in [6, 6.07) is 0. The van der Waals surface area contributed by atoms with Gasteiger partial charge in [-0.2, -0.15) is 0 Å². The van der Waals surface area contributed by atoms with Crippen molar-refractivity contribution in [3.63, 3.8) is 0 Å². The first-order valence-corrected chi connectivity index (χ1v) is 4.66. The van der Waals surface area contributed by atoms with Crippen LogP contribution in [-0.2, 0) is 0 Å². The highest BCUT2D eigenvalue weighted by Crippen LogP contribution is 2.36. The van der Waals surface area contributed by atoms with Crippen LogP contribution >= 0.6 is 0 Å². The van der Waals surface area contributed by atoms with E-state index < -0.39 is 5.67 Å². The molecule has 0 aromatic rings. The first-order chi connectivity index (χ1) is 5.64. The topological polar surface area (TPSA) is 4.36 Å². The molecule has 0 saturated heterocycles. The van der Waals surface area contributed by atoms with Crippen molar-refractivity contribution >= 4 is 0 Å². The molecule has 2 heteroatoms. The first kappa shape index (κ1) is 9.51. The van der Waals surface area contributed by atoms with Crippen molar-refractivity contribution in [2.45, 2.75) is 44.7 Å². The second-order valence-corrected chi connectivity index (χ2v) is 4.05. The molecule has 2 atom stereocenters. The first-order valence-electron chi connectivity index (χ1n) is 4.66. The summed E-state index contributed by atoms with van der Waals surface area (Å²) in [5.74, 6) is 0.461. The zero-order valence-electron chi connectivity index (χ0n) is 7.65. The molecule has 0 aromatic heterocycles. The van der Waals surface area contributed by atoms with Crippen LogP contribution in [-0.4, -0.2) is 12.2 Å². The predicted octanol–water partition coefficient (Wildman–Crippen LogP) is 3.21. The summed E-state index contributed by atoms with van der Waals surface area (Å²) in [7, 11) is 0. The number of halogens is 1. The maximum Gasteiger partial charge on any atom is 0.214 e. The largest absolute Gasteiger partial charge is 0.317 e. The lowest BCUT2D eigenvalue weighted by Crippen LogP contribution is -2.27. The molecule has 0 N–H and O–H groups in total. The minimum absolute atomic E-state index is 0.461. The van der Waals surface area contributed by atoms with Gasteiger partial charge in [-0.15, -0.1) is 0 Å². The average molecular weight is 169 g/mol. The summed E-state index contributed by atoms with van der Waals surface area (Å²) in [6.45, 7) is 8.91. The van der Waals surface area contributed by atoms with Crippen molar-refractivity contribution < 1.29 is 4.39 Å². The summed E-state index contributed by atoms with van der Waals surface area (Å²) in [4.78, 5) is 3.31. The van der Waals surface area contributed by atoms with Gasteiger partial charge >= 0.3 is 0 Å². The number of alkyl halides is 1. The normalized spacial score (nSPS) is 35.9. The fourth-order valence-corrected chi connectivity index (χ4v) is 2.06. The molecule has 1 fully saturated rings. The molecule has 0 aromatic carbocycles. The van der Waals surface area contributed by atoms with E-state index in [1.165, 1.54) is 0 Å². The van der Waals surface area contributed by atoms with Gasteiger partial charge in [0.25, 0.3) is 0 Å². The van der Waals surface area contributed by atoms with E-state index in [0.29, 0.717) is 25.3 Å². The maximum atomic E-state index is 13.5. The minimum Gasteiger partial charge on any atom is -0.317 e. The Morgan fingerprint density at radius 3 is 3.00 bits per heavy atom. The smallest absolute Gasteiger partial charge is 0.214 e. The van der Waals surface area contributed by atoms with Gasteiger partial charge in [0.15, 0.2) is 0 Å². The van der Waals surface area contributed by atoms with E-state index in [0.717, 1.165) is 19.3 Å². The van der Waals surface area contributed by atoms with E-state index in [2.05, 4.69) is 4.85 Å². The fourth-order valence-electron chi connectivity index (χ4n) is 2.06. The molecule has 2 unspecified atom stereocenters. The highest BCUT2D eigenvalue weighted by molar-refractivity contribution is 4.83. The molecule has 0 bridgehead atoms. The molecule has 1 aliphatic carbocycles. The van der Waals surface area contributed by atoms with Crippen molar-refractivity contribution in [2.75, 3.05) is 6.54 Å². The average Bonchev–Trinajstić information content (AvgIpc) is 1.99. The van der Waals surface area contributed by atoms with E-state index in [9.17, 15) is 4.39 Å². The van der Waals surface area contributed by atoms with Gasteiger partial charge in [-0.1, -0.05) is 6.42 Å². The lowest BCUT2D eigenvalue weighted by molar-refractivity contribution is 0.0926. The Labute approximate surface area is 73.8 Å². The van der Waals surface area contributed by atoms with E-state index in [1.807, 2.05) is 0 Å². The van der Waals surface area contributed by atoms with Crippen molar-refractivity contribution in [1.29, 1.82) is 0 Å². The zero-order valence-corrected chi connectivity index (χ0v) is 7.65. The Bertz CT molecular complexity index is 181. The van der Waals surface area contributed by atoms with Gasteiger partial charge in [0.2, 0.25) is 6.54 Å². The molecule has 0 spiro atoms. The second-order valence-electron chi connectivity index (χ2n) is 4.05. The van der Waals surface area contributed by atoms with Gasteiger partial charge in [0.05, 0.1) is 0 Å². The highest BCUT2D eigenvalue weighted by Gasteiger charge is 2.31. The van der Waals surface area contributed by atoms with Gasteiger partial charge in [-0.05, 0) is 32.1 Å². The Balaban J connectivity index is 2.32. The second kappa shape index (κ2) is 3.89. The molecule has 1 rings (SSSR count). The Morgan fingerprint density at radius 2 is 2.42 bits per heavy atom. The Kier molecular flexibility index (Phi) is 3.08. The Morgan fingerprint density at radius 1 is 1.67 bits per heavy atom. The standard InChI is InChI=1S/C10H16FN/c1-10(11)6-3-4-9(8-10)5-7-12-2/h9H,3-8H2,1H3.